The molecule has 16 heavy (non-hydrogen) atoms. The van der Waals surface area contributed by atoms with Crippen LogP contribution in [-0.2, 0) is 9.63 Å². The van der Waals surface area contributed by atoms with Crippen LogP contribution >= 0.6 is 15.9 Å². The molecule has 1 aromatic carbocycles. The number of carbonyl (C=O) groups is 1. The molecule has 0 radical (unpaired) electrons. The molecule has 0 saturated heterocycles. The molecule has 0 N–H and O–H groups in total. The van der Waals surface area contributed by atoms with Crippen LogP contribution in [0.25, 0.3) is 0 Å². The van der Waals surface area contributed by atoms with Crippen molar-refractivity contribution in [3.63, 3.8) is 0 Å². The lowest BCUT2D eigenvalue weighted by atomic mass is 10.2. The van der Waals surface area contributed by atoms with E-state index in [0.717, 1.165) is 4.47 Å². The van der Waals surface area contributed by atoms with Gasteiger partial charge in [0.2, 0.25) is 0 Å². The van der Waals surface area contributed by atoms with Crippen LogP contribution < -0.4 is 4.90 Å². The van der Waals surface area contributed by atoms with Crippen molar-refractivity contribution in [3.8, 4) is 6.07 Å². The van der Waals surface area contributed by atoms with Gasteiger partial charge in [-0.25, -0.2) is 0 Å². The maximum absolute atomic E-state index is 11.6. The third-order valence-corrected chi connectivity index (χ3v) is 2.51. The van der Waals surface area contributed by atoms with Gasteiger partial charge in [0, 0.05) is 4.47 Å². The number of hydrogen-bond donors (Lipinski definition) is 0. The van der Waals surface area contributed by atoms with Crippen molar-refractivity contribution < 1.29 is 9.63 Å². The highest BCUT2D eigenvalue weighted by Crippen LogP contribution is 2.20. The first-order chi connectivity index (χ1) is 7.72. The molecule has 0 saturated carbocycles. The Hall–Kier alpha value is -1.87. The Bertz CT molecular complexity index is 490. The molecule has 0 bridgehead atoms. The molecule has 1 aromatic rings. The van der Waals surface area contributed by atoms with Gasteiger partial charge in [-0.15, -0.1) is 0 Å². The molecule has 6 heteroatoms. The van der Waals surface area contributed by atoms with Gasteiger partial charge in [0.15, 0.2) is 6.61 Å². The van der Waals surface area contributed by atoms with Crippen LogP contribution in [-0.4, -0.2) is 18.3 Å². The Labute approximate surface area is 100 Å². The number of carbonyl (C=O) groups excluding carboxylic acids is 1. The van der Waals surface area contributed by atoms with Gasteiger partial charge in [-0.05, 0) is 24.3 Å². The van der Waals surface area contributed by atoms with Gasteiger partial charge in [0.25, 0.3) is 11.7 Å². The zero-order valence-electron chi connectivity index (χ0n) is 8.05. The molecule has 1 heterocycles. The first-order valence-corrected chi connectivity index (χ1v) is 5.20. The quantitative estimate of drug-likeness (QED) is 0.785. The maximum atomic E-state index is 11.6. The molecule has 0 spiro atoms. The van der Waals surface area contributed by atoms with E-state index in [1.54, 1.807) is 24.3 Å². The van der Waals surface area contributed by atoms with Gasteiger partial charge in [0.05, 0.1) is 5.69 Å². The van der Waals surface area contributed by atoms with Gasteiger partial charge in [-0.2, -0.15) is 5.26 Å². The summed E-state index contributed by atoms with van der Waals surface area (Å²) in [6.45, 7) is -0.152. The van der Waals surface area contributed by atoms with Gasteiger partial charge in [-0.3, -0.25) is 9.69 Å². The van der Waals surface area contributed by atoms with Crippen LogP contribution in [0, 0.1) is 11.3 Å². The summed E-state index contributed by atoms with van der Waals surface area (Å²) in [6, 6.07) is 8.83. The number of oxime groups is 1. The lowest BCUT2D eigenvalue weighted by molar-refractivity contribution is -0.123. The zero-order chi connectivity index (χ0) is 11.5. The lowest BCUT2D eigenvalue weighted by Gasteiger charge is -2.22. The molecule has 0 atom stereocenters. The third kappa shape index (κ3) is 1.90. The molecule has 0 aliphatic carbocycles. The van der Waals surface area contributed by atoms with Crippen LogP contribution in [0.2, 0.25) is 0 Å². The van der Waals surface area contributed by atoms with Crippen LogP contribution in [0.4, 0.5) is 5.69 Å². The van der Waals surface area contributed by atoms with Crippen LogP contribution in [0.15, 0.2) is 33.9 Å². The molecular formula is C10H6BrN3O2. The van der Waals surface area contributed by atoms with Crippen LogP contribution in [0.5, 0.6) is 0 Å². The van der Waals surface area contributed by atoms with Crippen molar-refractivity contribution >= 4 is 33.4 Å². The predicted molar refractivity (Wildman–Crippen MR) is 60.6 cm³/mol. The van der Waals surface area contributed by atoms with Crippen molar-refractivity contribution in [2.75, 3.05) is 11.5 Å². The number of hydrogen-bond acceptors (Lipinski definition) is 4. The van der Waals surface area contributed by atoms with E-state index in [4.69, 9.17) is 5.26 Å². The van der Waals surface area contributed by atoms with E-state index in [2.05, 4.69) is 25.9 Å². The van der Waals surface area contributed by atoms with Crippen molar-refractivity contribution in [2.24, 2.45) is 5.16 Å². The Morgan fingerprint density at radius 2 is 2.12 bits per heavy atom. The Kier molecular flexibility index (Phi) is 2.88. The van der Waals surface area contributed by atoms with E-state index in [0.29, 0.717) is 5.69 Å². The number of amides is 1. The van der Waals surface area contributed by atoms with Crippen molar-refractivity contribution in [3.05, 3.63) is 28.7 Å². The lowest BCUT2D eigenvalue weighted by Crippen LogP contribution is -2.41. The minimum absolute atomic E-state index is 0.0569. The topological polar surface area (TPSA) is 65.7 Å². The van der Waals surface area contributed by atoms with Gasteiger partial charge in [0.1, 0.15) is 6.07 Å². The first kappa shape index (κ1) is 10.6. The van der Waals surface area contributed by atoms with Crippen molar-refractivity contribution in [1.29, 1.82) is 5.26 Å². The minimum atomic E-state index is -0.311. The summed E-state index contributed by atoms with van der Waals surface area (Å²) in [5.41, 5.74) is 0.594. The fraction of sp³-hybridized carbons (Fsp3) is 0.100. The number of nitrogens with zero attached hydrogens (tertiary/aromatic N) is 3. The summed E-state index contributed by atoms with van der Waals surface area (Å²) in [5, 5.41) is 12.4. The van der Waals surface area contributed by atoms with E-state index in [9.17, 15) is 4.79 Å². The molecule has 0 fully saturated rings. The predicted octanol–water partition coefficient (Wildman–Crippen LogP) is 1.65. The summed E-state index contributed by atoms with van der Waals surface area (Å²) < 4.78 is 0.896. The maximum Gasteiger partial charge on any atom is 0.274 e. The van der Waals surface area contributed by atoms with Crippen LogP contribution in [0.1, 0.15) is 0 Å². The van der Waals surface area contributed by atoms with E-state index in [1.807, 2.05) is 6.07 Å². The highest BCUT2D eigenvalue weighted by atomic mass is 79.9. The molecule has 2 rings (SSSR count). The molecule has 0 unspecified atom stereocenters. The van der Waals surface area contributed by atoms with Gasteiger partial charge in [-0.1, -0.05) is 21.1 Å². The summed E-state index contributed by atoms with van der Waals surface area (Å²) in [6.07, 6.45) is 0. The molecule has 5 nitrogen and oxygen atoms in total. The number of halogens is 1. The fourth-order valence-electron chi connectivity index (χ4n) is 1.30. The molecule has 80 valence electrons. The second-order valence-corrected chi connectivity index (χ2v) is 3.92. The largest absolute Gasteiger partial charge is 0.383 e. The number of nitriles is 1. The smallest absolute Gasteiger partial charge is 0.274 e. The molecule has 0 aromatic heterocycles. The number of anilines is 1. The van der Waals surface area contributed by atoms with E-state index in [-0.39, 0.29) is 18.3 Å². The monoisotopic (exact) mass is 279 g/mol. The van der Waals surface area contributed by atoms with Gasteiger partial charge < -0.3 is 4.84 Å². The molecule has 1 aliphatic rings. The van der Waals surface area contributed by atoms with E-state index >= 15 is 0 Å². The number of amidine groups is 1. The fourth-order valence-corrected chi connectivity index (χ4v) is 1.56. The van der Waals surface area contributed by atoms with Crippen LogP contribution in [0.3, 0.4) is 0 Å². The molecular weight excluding hydrogens is 274 g/mol. The molecule has 1 amide bonds. The molecule has 1 aliphatic heterocycles. The van der Waals surface area contributed by atoms with Crippen molar-refractivity contribution in [2.45, 2.75) is 0 Å². The Morgan fingerprint density at radius 3 is 2.75 bits per heavy atom. The Balaban J connectivity index is 2.41. The summed E-state index contributed by atoms with van der Waals surface area (Å²) in [4.78, 5) is 17.5. The highest BCUT2D eigenvalue weighted by Gasteiger charge is 2.26. The first-order valence-electron chi connectivity index (χ1n) is 4.41. The van der Waals surface area contributed by atoms with Gasteiger partial charge >= 0.3 is 0 Å². The minimum Gasteiger partial charge on any atom is -0.383 e. The average Bonchev–Trinajstić information content (AvgIpc) is 2.30. The second kappa shape index (κ2) is 4.33. The summed E-state index contributed by atoms with van der Waals surface area (Å²) in [5.74, 6) is -0.368. The SMILES string of the molecule is N#CC1=NOCC(=O)N1c1ccc(Br)cc1. The third-order valence-electron chi connectivity index (χ3n) is 1.99. The summed E-state index contributed by atoms with van der Waals surface area (Å²) in [7, 11) is 0. The highest BCUT2D eigenvalue weighted by molar-refractivity contribution is 9.10. The normalized spacial score (nSPS) is 15.1. The second-order valence-electron chi connectivity index (χ2n) is 3.01. The van der Waals surface area contributed by atoms with E-state index in [1.165, 1.54) is 4.90 Å². The standard InChI is InChI=1S/C10H6BrN3O2/c11-7-1-3-8(4-2-7)14-9(5-12)13-16-6-10(14)15/h1-4H,6H2. The number of rotatable bonds is 1. The van der Waals surface area contributed by atoms with E-state index < -0.39 is 0 Å². The summed E-state index contributed by atoms with van der Waals surface area (Å²) >= 11 is 3.29. The van der Waals surface area contributed by atoms with Crippen molar-refractivity contribution in [1.82, 2.24) is 0 Å². The number of benzene rings is 1. The Morgan fingerprint density at radius 1 is 1.44 bits per heavy atom. The average molecular weight is 280 g/mol. The zero-order valence-corrected chi connectivity index (χ0v) is 9.64.